The standard InChI is InChI=1S/C19H29N3O5S.ClH.H2O/c1-9-4-13(19(26)27)22-16(9)15(18(22)25)14(23)8-28-11-5-12(21-7-11)17(24)10-2-3-20-6-10;;/h4,9-12,14-17,20-21,23-24H,2-3,5-8H2,1H3,(H,26,27);1H;1H2/t9-,10-,11+,12+,14+,15-,16+,17-;;/m1../s1. The van der Waals surface area contributed by atoms with Gasteiger partial charge in [-0.25, -0.2) is 4.79 Å². The molecule has 0 bridgehead atoms. The van der Waals surface area contributed by atoms with Gasteiger partial charge in [0.25, 0.3) is 0 Å². The first-order valence-electron chi connectivity index (χ1n) is 10.1. The lowest BCUT2D eigenvalue weighted by Gasteiger charge is -2.47. The number of hydrogen-bond acceptors (Lipinski definition) is 7. The fourth-order valence-corrected chi connectivity index (χ4v) is 6.36. The number of carboxylic acids is 1. The van der Waals surface area contributed by atoms with Gasteiger partial charge in [-0.1, -0.05) is 6.92 Å². The molecule has 7 N–H and O–H groups in total. The van der Waals surface area contributed by atoms with Crippen LogP contribution < -0.4 is 10.6 Å². The van der Waals surface area contributed by atoms with E-state index in [-0.39, 0.29) is 53.6 Å². The number of hydrogen-bond donors (Lipinski definition) is 5. The molecule has 0 aromatic heterocycles. The Morgan fingerprint density at radius 2 is 2.10 bits per heavy atom. The SMILES string of the molecule is C[C@@H]1C=C(C(=O)O)N2C(=O)[C@H]([C@@H](O)CS[C@@H]3CN[C@H]([C@H](O)[C@@H]4CCNC4)C3)[C@H]12.Cl.O. The van der Waals surface area contributed by atoms with Crippen LogP contribution in [0.25, 0.3) is 0 Å². The van der Waals surface area contributed by atoms with Crippen LogP contribution in [0.1, 0.15) is 19.8 Å². The molecule has 4 aliphatic heterocycles. The molecule has 0 aromatic rings. The predicted molar refractivity (Wildman–Crippen MR) is 116 cm³/mol. The number of carboxylic acid groups (broad SMARTS) is 1. The summed E-state index contributed by atoms with van der Waals surface area (Å²) < 4.78 is 0. The van der Waals surface area contributed by atoms with Gasteiger partial charge in [0.15, 0.2) is 0 Å². The number of aliphatic carboxylic acids is 1. The number of thioether (sulfide) groups is 1. The molecule has 0 saturated carbocycles. The third-order valence-corrected chi connectivity index (χ3v) is 8.03. The second-order valence-corrected chi connectivity index (χ2v) is 9.79. The van der Waals surface area contributed by atoms with E-state index in [1.165, 1.54) is 4.90 Å². The predicted octanol–water partition coefficient (Wildman–Crippen LogP) is -1.18. The fourth-order valence-electron chi connectivity index (χ4n) is 5.12. The number of fused-ring (bicyclic) bond motifs is 1. The molecule has 8 atom stereocenters. The molecule has 3 fully saturated rings. The first-order chi connectivity index (χ1) is 13.4. The summed E-state index contributed by atoms with van der Waals surface area (Å²) in [6.07, 6.45) is 2.32. The van der Waals surface area contributed by atoms with Gasteiger partial charge in [-0.2, -0.15) is 11.8 Å². The van der Waals surface area contributed by atoms with Crippen LogP contribution in [0.3, 0.4) is 0 Å². The molecule has 9 nitrogen and oxygen atoms in total. The van der Waals surface area contributed by atoms with Gasteiger partial charge in [-0.15, -0.1) is 12.4 Å². The van der Waals surface area contributed by atoms with Crippen molar-refractivity contribution in [1.29, 1.82) is 0 Å². The van der Waals surface area contributed by atoms with Crippen molar-refractivity contribution in [2.24, 2.45) is 17.8 Å². The van der Waals surface area contributed by atoms with Crippen molar-refractivity contribution >= 4 is 36.0 Å². The lowest BCUT2D eigenvalue weighted by Crippen LogP contribution is -2.64. The molecule has 11 heteroatoms. The van der Waals surface area contributed by atoms with Crippen molar-refractivity contribution in [2.75, 3.05) is 25.4 Å². The second-order valence-electron chi connectivity index (χ2n) is 8.46. The Kier molecular flexibility index (Phi) is 8.60. The van der Waals surface area contributed by atoms with Crippen LogP contribution in [0.4, 0.5) is 0 Å². The molecule has 0 aromatic carbocycles. The molecule has 0 aliphatic carbocycles. The number of aliphatic hydroxyl groups is 2. The minimum absolute atomic E-state index is 0. The number of amides is 1. The molecule has 1 amide bonds. The average Bonchev–Trinajstić information content (AvgIpc) is 3.38. The van der Waals surface area contributed by atoms with E-state index in [0.29, 0.717) is 16.9 Å². The monoisotopic (exact) mass is 465 g/mol. The van der Waals surface area contributed by atoms with Crippen molar-refractivity contribution < 1.29 is 30.4 Å². The molecule has 3 saturated heterocycles. The molecule has 0 radical (unpaired) electrons. The van der Waals surface area contributed by atoms with Gasteiger partial charge in [0.05, 0.1) is 24.2 Å². The van der Waals surface area contributed by atoms with E-state index in [4.69, 9.17) is 0 Å². The van der Waals surface area contributed by atoms with E-state index < -0.39 is 18.0 Å². The minimum Gasteiger partial charge on any atom is -0.477 e. The Bertz CT molecular complexity index is 677. The Hall–Kier alpha value is -0.880. The summed E-state index contributed by atoms with van der Waals surface area (Å²) in [5.74, 6) is -1.25. The highest BCUT2D eigenvalue weighted by atomic mass is 35.5. The van der Waals surface area contributed by atoms with Gasteiger partial charge in [0.1, 0.15) is 5.70 Å². The quantitative estimate of drug-likeness (QED) is 0.294. The number of β-lactam (4-membered cyclic amide) rings is 1. The summed E-state index contributed by atoms with van der Waals surface area (Å²) >= 11 is 1.63. The summed E-state index contributed by atoms with van der Waals surface area (Å²) in [4.78, 5) is 25.0. The normalized spacial score (nSPS) is 36.8. The van der Waals surface area contributed by atoms with Gasteiger partial charge >= 0.3 is 5.97 Å². The van der Waals surface area contributed by atoms with Crippen LogP contribution in [0.2, 0.25) is 0 Å². The number of carbonyl (C=O) groups excluding carboxylic acids is 1. The van der Waals surface area contributed by atoms with Crippen molar-refractivity contribution in [1.82, 2.24) is 15.5 Å². The second kappa shape index (κ2) is 10.2. The number of halogens is 1. The van der Waals surface area contributed by atoms with Gasteiger partial charge in [0, 0.05) is 36.1 Å². The van der Waals surface area contributed by atoms with E-state index in [1.807, 2.05) is 6.92 Å². The van der Waals surface area contributed by atoms with Crippen molar-refractivity contribution in [3.63, 3.8) is 0 Å². The van der Waals surface area contributed by atoms with E-state index in [1.54, 1.807) is 17.8 Å². The first kappa shape index (κ1) is 25.4. The molecule has 0 unspecified atom stereocenters. The van der Waals surface area contributed by atoms with Crippen LogP contribution >= 0.6 is 24.2 Å². The lowest BCUT2D eigenvalue weighted by atomic mass is 9.79. The van der Waals surface area contributed by atoms with E-state index in [0.717, 1.165) is 32.5 Å². The van der Waals surface area contributed by atoms with Gasteiger partial charge in [-0.05, 0) is 31.4 Å². The van der Waals surface area contributed by atoms with E-state index in [9.17, 15) is 24.9 Å². The largest absolute Gasteiger partial charge is 0.477 e. The third kappa shape index (κ3) is 4.50. The summed E-state index contributed by atoms with van der Waals surface area (Å²) in [6.45, 7) is 4.50. The van der Waals surface area contributed by atoms with Crippen LogP contribution in [-0.2, 0) is 9.59 Å². The molecular weight excluding hydrogens is 434 g/mol. The summed E-state index contributed by atoms with van der Waals surface area (Å²) in [5.41, 5.74) is 0.0387. The number of nitrogens with one attached hydrogen (secondary N) is 2. The molecule has 0 spiro atoms. The van der Waals surface area contributed by atoms with Crippen molar-refractivity contribution in [2.45, 2.75) is 49.3 Å². The van der Waals surface area contributed by atoms with Gasteiger partial charge in [0.2, 0.25) is 5.91 Å². The van der Waals surface area contributed by atoms with Crippen LogP contribution in [-0.4, -0.2) is 92.5 Å². The zero-order valence-electron chi connectivity index (χ0n) is 16.9. The number of rotatable bonds is 7. The van der Waals surface area contributed by atoms with Crippen molar-refractivity contribution in [3.8, 4) is 0 Å². The zero-order chi connectivity index (χ0) is 20.0. The Morgan fingerprint density at radius 1 is 1.37 bits per heavy atom. The third-order valence-electron chi connectivity index (χ3n) is 6.66. The highest BCUT2D eigenvalue weighted by Gasteiger charge is 2.58. The minimum atomic E-state index is -1.09. The maximum Gasteiger partial charge on any atom is 0.352 e. The topological polar surface area (TPSA) is 154 Å². The lowest BCUT2D eigenvalue weighted by molar-refractivity contribution is -0.162. The first-order valence-corrected chi connectivity index (χ1v) is 11.1. The smallest absolute Gasteiger partial charge is 0.352 e. The molecule has 172 valence electrons. The number of aliphatic hydroxyl groups excluding tert-OH is 2. The Morgan fingerprint density at radius 3 is 2.73 bits per heavy atom. The fraction of sp³-hybridized carbons (Fsp3) is 0.789. The zero-order valence-corrected chi connectivity index (χ0v) is 18.5. The number of nitrogens with zero attached hydrogens (tertiary/aromatic N) is 1. The molecule has 4 aliphatic rings. The summed E-state index contributed by atoms with van der Waals surface area (Å²) in [6, 6.07) is -0.169. The van der Waals surface area contributed by atoms with Crippen LogP contribution in [0, 0.1) is 17.8 Å². The molecule has 30 heavy (non-hydrogen) atoms. The molecule has 4 rings (SSSR count). The highest BCUT2D eigenvalue weighted by molar-refractivity contribution is 8.00. The Labute approximate surface area is 186 Å². The Balaban J connectivity index is 0.00000160. The molecule has 4 heterocycles. The van der Waals surface area contributed by atoms with Gasteiger partial charge < -0.3 is 36.3 Å². The maximum absolute atomic E-state index is 12.4. The number of carbonyl (C=O) groups is 2. The van der Waals surface area contributed by atoms with Crippen LogP contribution in [0.5, 0.6) is 0 Å². The van der Waals surface area contributed by atoms with E-state index >= 15 is 0 Å². The van der Waals surface area contributed by atoms with E-state index in [2.05, 4.69) is 10.6 Å². The average molecular weight is 466 g/mol. The highest BCUT2D eigenvalue weighted by Crippen LogP contribution is 2.44. The van der Waals surface area contributed by atoms with Gasteiger partial charge in [-0.3, -0.25) is 4.79 Å². The van der Waals surface area contributed by atoms with Crippen LogP contribution in [0.15, 0.2) is 11.8 Å². The maximum atomic E-state index is 12.4. The molecular formula is C19H32ClN3O6S. The summed E-state index contributed by atoms with van der Waals surface area (Å²) in [7, 11) is 0. The summed E-state index contributed by atoms with van der Waals surface area (Å²) in [5, 5.41) is 37.4. The van der Waals surface area contributed by atoms with Crippen molar-refractivity contribution in [3.05, 3.63) is 11.8 Å².